The maximum absolute atomic E-state index is 12.6. The molecule has 1 amide bonds. The van der Waals surface area contributed by atoms with Crippen molar-refractivity contribution in [2.75, 3.05) is 7.11 Å². The lowest BCUT2D eigenvalue weighted by molar-refractivity contribution is -0.118. The van der Waals surface area contributed by atoms with Crippen LogP contribution in [0.1, 0.15) is 58.9 Å². The van der Waals surface area contributed by atoms with Gasteiger partial charge in [-0.3, -0.25) is 4.79 Å². The maximum Gasteiger partial charge on any atom is 0.514 e. The highest BCUT2D eigenvalue weighted by molar-refractivity contribution is 6.01. The molecule has 30 heavy (non-hydrogen) atoms. The van der Waals surface area contributed by atoms with Gasteiger partial charge in [0.25, 0.3) is 5.91 Å². The van der Waals surface area contributed by atoms with Crippen LogP contribution in [0, 0.1) is 17.2 Å². The van der Waals surface area contributed by atoms with Crippen molar-refractivity contribution in [3.63, 3.8) is 0 Å². The molecule has 0 heterocycles. The lowest BCUT2D eigenvalue weighted by Gasteiger charge is -2.29. The van der Waals surface area contributed by atoms with Crippen molar-refractivity contribution >= 4 is 18.1 Å². The summed E-state index contributed by atoms with van der Waals surface area (Å²) in [6, 6.07) is 6.81. The van der Waals surface area contributed by atoms with Crippen molar-refractivity contribution in [1.82, 2.24) is 5.32 Å². The SMILES string of the molecule is COc1cc(/C=C(\C#N)C(=O)N[C@H]2CCCC[C@H]2C)ccc1OC(=O)OC(C)(C)C. The van der Waals surface area contributed by atoms with Gasteiger partial charge in [-0.2, -0.15) is 5.26 Å². The first kappa shape index (κ1) is 23.3. The van der Waals surface area contributed by atoms with E-state index in [9.17, 15) is 14.9 Å². The summed E-state index contributed by atoms with van der Waals surface area (Å²) in [6.45, 7) is 7.33. The fourth-order valence-corrected chi connectivity index (χ4v) is 3.31. The van der Waals surface area contributed by atoms with Crippen LogP contribution in [-0.4, -0.2) is 30.8 Å². The Hall–Kier alpha value is -3.01. The van der Waals surface area contributed by atoms with Crippen LogP contribution >= 0.6 is 0 Å². The number of carbonyl (C=O) groups is 2. The lowest BCUT2D eigenvalue weighted by atomic mass is 9.86. The van der Waals surface area contributed by atoms with E-state index in [1.807, 2.05) is 6.07 Å². The summed E-state index contributed by atoms with van der Waals surface area (Å²) in [5, 5.41) is 12.4. The largest absolute Gasteiger partial charge is 0.514 e. The Kier molecular flexibility index (Phi) is 7.87. The zero-order chi connectivity index (χ0) is 22.3. The van der Waals surface area contributed by atoms with Crippen LogP contribution < -0.4 is 14.8 Å². The van der Waals surface area contributed by atoms with Crippen LogP contribution in [0.4, 0.5) is 4.79 Å². The lowest BCUT2D eigenvalue weighted by Crippen LogP contribution is -2.41. The van der Waals surface area contributed by atoms with Gasteiger partial charge in [-0.15, -0.1) is 0 Å². The number of amides is 1. The van der Waals surface area contributed by atoms with Gasteiger partial charge >= 0.3 is 6.16 Å². The quantitative estimate of drug-likeness (QED) is 0.327. The Labute approximate surface area is 178 Å². The molecule has 0 saturated heterocycles. The van der Waals surface area contributed by atoms with Gasteiger partial charge < -0.3 is 19.5 Å². The zero-order valence-corrected chi connectivity index (χ0v) is 18.3. The van der Waals surface area contributed by atoms with Crippen LogP contribution in [0.5, 0.6) is 11.5 Å². The van der Waals surface area contributed by atoms with Crippen molar-refractivity contribution in [2.45, 2.75) is 65.0 Å². The van der Waals surface area contributed by atoms with Crippen molar-refractivity contribution < 1.29 is 23.8 Å². The third kappa shape index (κ3) is 6.80. The van der Waals surface area contributed by atoms with Gasteiger partial charge in [0.2, 0.25) is 0 Å². The summed E-state index contributed by atoms with van der Waals surface area (Å²) < 4.78 is 15.6. The molecule has 1 aromatic rings. The highest BCUT2D eigenvalue weighted by Gasteiger charge is 2.24. The molecule has 0 unspecified atom stereocenters. The van der Waals surface area contributed by atoms with E-state index in [0.717, 1.165) is 19.3 Å². The average Bonchev–Trinajstić information content (AvgIpc) is 2.67. The molecule has 2 atom stereocenters. The van der Waals surface area contributed by atoms with Crippen LogP contribution in [0.25, 0.3) is 6.08 Å². The zero-order valence-electron chi connectivity index (χ0n) is 18.3. The van der Waals surface area contributed by atoms with Gasteiger partial charge in [0, 0.05) is 6.04 Å². The Morgan fingerprint density at radius 2 is 1.90 bits per heavy atom. The summed E-state index contributed by atoms with van der Waals surface area (Å²) in [4.78, 5) is 24.5. The summed E-state index contributed by atoms with van der Waals surface area (Å²) in [5.41, 5.74) is -0.0971. The number of ether oxygens (including phenoxy) is 3. The Balaban J connectivity index is 2.15. The third-order valence-corrected chi connectivity index (χ3v) is 4.87. The fraction of sp³-hybridized carbons (Fsp3) is 0.522. The van der Waals surface area contributed by atoms with Crippen molar-refractivity contribution in [3.05, 3.63) is 29.3 Å². The first-order valence-electron chi connectivity index (χ1n) is 10.1. The minimum Gasteiger partial charge on any atom is -0.493 e. The second-order valence-electron chi connectivity index (χ2n) is 8.49. The molecule has 1 saturated carbocycles. The van der Waals surface area contributed by atoms with E-state index >= 15 is 0 Å². The number of carbonyl (C=O) groups excluding carboxylic acids is 2. The van der Waals surface area contributed by atoms with Gasteiger partial charge in [-0.25, -0.2) is 4.79 Å². The van der Waals surface area contributed by atoms with Gasteiger partial charge in [-0.05, 0) is 63.3 Å². The molecule has 162 valence electrons. The van der Waals surface area contributed by atoms with Crippen molar-refractivity contribution in [3.8, 4) is 17.6 Å². The number of hydrogen-bond acceptors (Lipinski definition) is 6. The minimum atomic E-state index is -0.845. The molecular weight excluding hydrogens is 384 g/mol. The Morgan fingerprint density at radius 1 is 1.20 bits per heavy atom. The highest BCUT2D eigenvalue weighted by atomic mass is 16.7. The summed E-state index contributed by atoms with van der Waals surface area (Å²) in [7, 11) is 1.44. The van der Waals surface area contributed by atoms with Gasteiger partial charge in [0.05, 0.1) is 7.11 Å². The predicted molar refractivity (Wildman–Crippen MR) is 113 cm³/mol. The minimum absolute atomic E-state index is 0.00985. The summed E-state index contributed by atoms with van der Waals surface area (Å²) in [6.07, 6.45) is 4.90. The molecule has 7 nitrogen and oxygen atoms in total. The number of hydrogen-bond donors (Lipinski definition) is 1. The molecule has 1 aromatic carbocycles. The number of methoxy groups -OCH3 is 1. The molecule has 0 bridgehead atoms. The summed E-state index contributed by atoms with van der Waals surface area (Å²) in [5.74, 6) is 0.479. The van der Waals surface area contributed by atoms with E-state index in [4.69, 9.17) is 14.2 Å². The first-order chi connectivity index (χ1) is 14.1. The van der Waals surface area contributed by atoms with E-state index in [1.54, 1.807) is 32.9 Å². The number of nitrogens with one attached hydrogen (secondary N) is 1. The molecule has 0 aliphatic heterocycles. The van der Waals surface area contributed by atoms with Gasteiger partial charge in [0.1, 0.15) is 17.2 Å². The number of nitriles is 1. The van der Waals surface area contributed by atoms with Gasteiger partial charge in [-0.1, -0.05) is 25.8 Å². The molecular formula is C23H30N2O5. The summed E-state index contributed by atoms with van der Waals surface area (Å²) >= 11 is 0. The third-order valence-electron chi connectivity index (χ3n) is 4.87. The smallest absolute Gasteiger partial charge is 0.493 e. The van der Waals surface area contributed by atoms with Crippen LogP contribution in [-0.2, 0) is 9.53 Å². The molecule has 1 fully saturated rings. The molecule has 1 aliphatic rings. The highest BCUT2D eigenvalue weighted by Crippen LogP contribution is 2.30. The normalized spacial score (nSPS) is 19.4. The molecule has 2 rings (SSSR count). The molecule has 7 heteroatoms. The second kappa shape index (κ2) is 10.1. The van der Waals surface area contributed by atoms with Gasteiger partial charge in [0.15, 0.2) is 11.5 Å². The van der Waals surface area contributed by atoms with Crippen LogP contribution in [0.2, 0.25) is 0 Å². The van der Waals surface area contributed by atoms with E-state index in [2.05, 4.69) is 12.2 Å². The number of nitrogens with zero attached hydrogens (tertiary/aromatic N) is 1. The van der Waals surface area contributed by atoms with Crippen molar-refractivity contribution in [1.29, 1.82) is 5.26 Å². The second-order valence-corrected chi connectivity index (χ2v) is 8.49. The molecule has 1 N–H and O–H groups in total. The predicted octanol–water partition coefficient (Wildman–Crippen LogP) is 4.61. The monoisotopic (exact) mass is 414 g/mol. The van der Waals surface area contributed by atoms with E-state index in [0.29, 0.717) is 11.5 Å². The average molecular weight is 415 g/mol. The maximum atomic E-state index is 12.6. The van der Waals surface area contributed by atoms with Crippen LogP contribution in [0.3, 0.4) is 0 Å². The molecule has 0 spiro atoms. The number of rotatable bonds is 5. The molecule has 0 aromatic heterocycles. The Bertz CT molecular complexity index is 848. The topological polar surface area (TPSA) is 97.6 Å². The van der Waals surface area contributed by atoms with Crippen LogP contribution in [0.15, 0.2) is 23.8 Å². The number of benzene rings is 1. The Morgan fingerprint density at radius 3 is 2.50 bits per heavy atom. The van der Waals surface area contributed by atoms with E-state index < -0.39 is 11.8 Å². The molecule has 0 radical (unpaired) electrons. The van der Waals surface area contributed by atoms with E-state index in [-0.39, 0.29) is 29.0 Å². The first-order valence-corrected chi connectivity index (χ1v) is 10.1. The molecule has 1 aliphatic carbocycles. The fourth-order valence-electron chi connectivity index (χ4n) is 3.31. The van der Waals surface area contributed by atoms with E-state index in [1.165, 1.54) is 25.7 Å². The van der Waals surface area contributed by atoms with Crippen molar-refractivity contribution in [2.24, 2.45) is 5.92 Å². The standard InChI is InChI=1S/C23H30N2O5/c1-15-8-6-7-9-18(15)25-21(26)17(14-24)12-16-10-11-19(20(13-16)28-5)29-22(27)30-23(2,3)4/h10-13,15,18H,6-9H2,1-5H3,(H,25,26)/b17-12+/t15-,18+/m1/s1.